The van der Waals surface area contributed by atoms with Crippen LogP contribution in [0.5, 0.6) is 0 Å². The maximum absolute atomic E-state index is 5.65. The molecular formula is C15H30N2. The Morgan fingerprint density at radius 2 is 1.71 bits per heavy atom. The third kappa shape index (κ3) is 4.59. The van der Waals surface area contributed by atoms with E-state index in [1.807, 2.05) is 0 Å². The molecule has 0 aromatic rings. The molecule has 0 atom stereocenters. The van der Waals surface area contributed by atoms with Gasteiger partial charge in [0.1, 0.15) is 0 Å². The van der Waals surface area contributed by atoms with Crippen LogP contribution in [0.25, 0.3) is 0 Å². The largest absolute Gasteiger partial charge is 0.330 e. The summed E-state index contributed by atoms with van der Waals surface area (Å²) in [5.74, 6) is 2.05. The van der Waals surface area contributed by atoms with Gasteiger partial charge in [-0.3, -0.25) is 0 Å². The standard InChI is InChI=1S/C15H30N2/c1-15(2,9-10-16)8-3-11-17-14(12-4-5-12)13-6-7-13/h12-14,17H,3-11,16H2,1-2H3. The highest BCUT2D eigenvalue weighted by molar-refractivity contribution is 4.96. The zero-order valence-corrected chi connectivity index (χ0v) is 11.7. The second-order valence-electron chi connectivity index (χ2n) is 6.96. The summed E-state index contributed by atoms with van der Waals surface area (Å²) in [6, 6.07) is 0.868. The Morgan fingerprint density at radius 3 is 2.18 bits per heavy atom. The molecule has 2 saturated carbocycles. The molecule has 2 rings (SSSR count). The zero-order chi connectivity index (χ0) is 12.3. The van der Waals surface area contributed by atoms with Crippen LogP contribution in [0.2, 0.25) is 0 Å². The lowest BCUT2D eigenvalue weighted by Gasteiger charge is -2.25. The Balaban J connectivity index is 1.58. The summed E-state index contributed by atoms with van der Waals surface area (Å²) in [5, 5.41) is 3.83. The van der Waals surface area contributed by atoms with Gasteiger partial charge in [0.15, 0.2) is 0 Å². The summed E-state index contributed by atoms with van der Waals surface area (Å²) in [6.07, 6.45) is 9.68. The van der Waals surface area contributed by atoms with Crippen molar-refractivity contribution in [3.8, 4) is 0 Å². The van der Waals surface area contributed by atoms with Crippen molar-refractivity contribution in [1.82, 2.24) is 5.32 Å². The smallest absolute Gasteiger partial charge is 0.0124 e. The van der Waals surface area contributed by atoms with Crippen molar-refractivity contribution in [3.63, 3.8) is 0 Å². The Kier molecular flexibility index (Phi) is 4.48. The summed E-state index contributed by atoms with van der Waals surface area (Å²) < 4.78 is 0. The van der Waals surface area contributed by atoms with Gasteiger partial charge < -0.3 is 11.1 Å². The maximum atomic E-state index is 5.65. The fraction of sp³-hybridized carbons (Fsp3) is 1.00. The number of rotatable bonds is 9. The summed E-state index contributed by atoms with van der Waals surface area (Å²) in [7, 11) is 0. The molecule has 2 nitrogen and oxygen atoms in total. The molecule has 0 bridgehead atoms. The van der Waals surface area contributed by atoms with E-state index in [9.17, 15) is 0 Å². The number of hydrogen-bond acceptors (Lipinski definition) is 2. The summed E-state index contributed by atoms with van der Waals surface area (Å²) >= 11 is 0. The van der Waals surface area contributed by atoms with Crippen molar-refractivity contribution in [2.75, 3.05) is 13.1 Å². The second kappa shape index (κ2) is 5.71. The molecular weight excluding hydrogens is 208 g/mol. The van der Waals surface area contributed by atoms with E-state index >= 15 is 0 Å². The number of nitrogens with two attached hydrogens (primary N) is 1. The van der Waals surface area contributed by atoms with Crippen LogP contribution >= 0.6 is 0 Å². The van der Waals surface area contributed by atoms with Crippen molar-refractivity contribution < 1.29 is 0 Å². The van der Waals surface area contributed by atoms with Gasteiger partial charge in [-0.25, -0.2) is 0 Å². The highest BCUT2D eigenvalue weighted by Gasteiger charge is 2.40. The molecule has 0 amide bonds. The number of hydrogen-bond donors (Lipinski definition) is 2. The van der Waals surface area contributed by atoms with Crippen LogP contribution in [-0.2, 0) is 0 Å². The molecule has 2 aliphatic carbocycles. The van der Waals surface area contributed by atoms with Gasteiger partial charge >= 0.3 is 0 Å². The molecule has 0 radical (unpaired) electrons. The van der Waals surface area contributed by atoms with Crippen LogP contribution in [0, 0.1) is 17.3 Å². The second-order valence-corrected chi connectivity index (χ2v) is 6.96. The lowest BCUT2D eigenvalue weighted by atomic mass is 9.84. The minimum Gasteiger partial charge on any atom is -0.330 e. The molecule has 100 valence electrons. The molecule has 0 saturated heterocycles. The van der Waals surface area contributed by atoms with E-state index in [2.05, 4.69) is 19.2 Å². The van der Waals surface area contributed by atoms with E-state index < -0.39 is 0 Å². The fourth-order valence-electron chi connectivity index (χ4n) is 2.98. The predicted octanol–water partition coefficient (Wildman–Crippen LogP) is 2.92. The van der Waals surface area contributed by atoms with Gasteiger partial charge in [-0.15, -0.1) is 0 Å². The monoisotopic (exact) mass is 238 g/mol. The molecule has 3 N–H and O–H groups in total. The van der Waals surface area contributed by atoms with Gasteiger partial charge in [0, 0.05) is 6.04 Å². The molecule has 0 spiro atoms. The van der Waals surface area contributed by atoms with Crippen LogP contribution in [0.15, 0.2) is 0 Å². The average molecular weight is 238 g/mol. The van der Waals surface area contributed by atoms with Gasteiger partial charge in [0.05, 0.1) is 0 Å². The molecule has 2 heteroatoms. The van der Waals surface area contributed by atoms with E-state index in [-0.39, 0.29) is 0 Å². The lowest BCUT2D eigenvalue weighted by Crippen LogP contribution is -2.34. The van der Waals surface area contributed by atoms with E-state index in [0.29, 0.717) is 5.41 Å². The molecule has 0 aromatic carbocycles. The Morgan fingerprint density at radius 1 is 1.12 bits per heavy atom. The molecule has 0 heterocycles. The van der Waals surface area contributed by atoms with Crippen LogP contribution in [0.3, 0.4) is 0 Å². The highest BCUT2D eigenvalue weighted by atomic mass is 14.9. The van der Waals surface area contributed by atoms with Crippen molar-refractivity contribution in [2.45, 2.75) is 64.8 Å². The minimum atomic E-state index is 0.436. The van der Waals surface area contributed by atoms with Crippen LogP contribution in [0.4, 0.5) is 0 Å². The quantitative estimate of drug-likeness (QED) is 0.606. The third-order valence-corrected chi connectivity index (χ3v) is 4.49. The normalized spacial score (nSPS) is 21.2. The van der Waals surface area contributed by atoms with Crippen molar-refractivity contribution in [1.29, 1.82) is 0 Å². The van der Waals surface area contributed by atoms with Crippen LogP contribution in [0.1, 0.15) is 58.8 Å². The van der Waals surface area contributed by atoms with Gasteiger partial charge in [-0.1, -0.05) is 13.8 Å². The maximum Gasteiger partial charge on any atom is 0.0124 e. The summed E-state index contributed by atoms with van der Waals surface area (Å²) in [4.78, 5) is 0. The van der Waals surface area contributed by atoms with E-state index in [1.165, 1.54) is 45.1 Å². The number of nitrogens with one attached hydrogen (secondary N) is 1. The Hall–Kier alpha value is -0.0800. The fourth-order valence-corrected chi connectivity index (χ4v) is 2.98. The molecule has 2 aliphatic rings. The van der Waals surface area contributed by atoms with Gasteiger partial charge in [0.25, 0.3) is 0 Å². The van der Waals surface area contributed by atoms with Crippen molar-refractivity contribution in [3.05, 3.63) is 0 Å². The minimum absolute atomic E-state index is 0.436. The topological polar surface area (TPSA) is 38.0 Å². The van der Waals surface area contributed by atoms with Crippen molar-refractivity contribution >= 4 is 0 Å². The van der Waals surface area contributed by atoms with Crippen LogP contribution in [-0.4, -0.2) is 19.1 Å². The third-order valence-electron chi connectivity index (χ3n) is 4.49. The van der Waals surface area contributed by atoms with E-state index in [1.54, 1.807) is 0 Å². The Bertz CT molecular complexity index is 217. The van der Waals surface area contributed by atoms with Gasteiger partial charge in [0.2, 0.25) is 0 Å². The van der Waals surface area contributed by atoms with Crippen molar-refractivity contribution in [2.24, 2.45) is 23.0 Å². The first-order valence-electron chi connectivity index (χ1n) is 7.56. The van der Waals surface area contributed by atoms with Crippen LogP contribution < -0.4 is 11.1 Å². The first-order valence-corrected chi connectivity index (χ1v) is 7.56. The first-order chi connectivity index (χ1) is 8.12. The molecule has 0 unspecified atom stereocenters. The van der Waals surface area contributed by atoms with Gasteiger partial charge in [-0.05, 0) is 75.3 Å². The molecule has 2 fully saturated rings. The van der Waals surface area contributed by atoms with E-state index in [4.69, 9.17) is 5.73 Å². The van der Waals surface area contributed by atoms with Gasteiger partial charge in [-0.2, -0.15) is 0 Å². The zero-order valence-electron chi connectivity index (χ0n) is 11.7. The summed E-state index contributed by atoms with van der Waals surface area (Å²) in [6.45, 7) is 6.73. The highest BCUT2D eigenvalue weighted by Crippen LogP contribution is 2.44. The first kappa shape index (κ1) is 13.4. The average Bonchev–Trinajstić information content (AvgIpc) is 3.12. The SMILES string of the molecule is CC(C)(CCN)CCCNC(C1CC1)C1CC1. The predicted molar refractivity (Wildman–Crippen MR) is 73.9 cm³/mol. The van der Waals surface area contributed by atoms with E-state index in [0.717, 1.165) is 30.8 Å². The molecule has 0 aromatic heterocycles. The molecule has 17 heavy (non-hydrogen) atoms. The lowest BCUT2D eigenvalue weighted by molar-refractivity contribution is 0.295. The molecule has 0 aliphatic heterocycles. The Labute approximate surface area is 107 Å². The summed E-state index contributed by atoms with van der Waals surface area (Å²) in [5.41, 5.74) is 6.08.